The smallest absolute Gasteiger partial charge is 0.253 e. The van der Waals surface area contributed by atoms with Crippen molar-refractivity contribution in [2.24, 2.45) is 0 Å². The maximum atomic E-state index is 12.3. The van der Waals surface area contributed by atoms with Gasteiger partial charge in [-0.2, -0.15) is 0 Å². The fraction of sp³-hybridized carbons (Fsp3) is 0.286. The minimum Gasteiger partial charge on any atom is -0.348 e. The van der Waals surface area contributed by atoms with E-state index in [4.69, 9.17) is 0 Å². The number of carbonyl (C=O) groups excluding carboxylic acids is 1. The van der Waals surface area contributed by atoms with Crippen molar-refractivity contribution in [3.63, 3.8) is 0 Å². The van der Waals surface area contributed by atoms with E-state index < -0.39 is 0 Å². The van der Waals surface area contributed by atoms with Crippen molar-refractivity contribution in [3.8, 4) is 0 Å². The van der Waals surface area contributed by atoms with E-state index in [1.54, 1.807) is 6.33 Å². The number of nitrogens with zero attached hydrogens (tertiary/aromatic N) is 2. The summed E-state index contributed by atoms with van der Waals surface area (Å²) < 4.78 is 0. The summed E-state index contributed by atoms with van der Waals surface area (Å²) in [4.78, 5) is 21.7. The number of nitrogens with one attached hydrogen (secondary N) is 1. The van der Waals surface area contributed by atoms with Crippen LogP contribution in [0.25, 0.3) is 0 Å². The molecule has 1 aromatic carbocycles. The summed E-state index contributed by atoms with van der Waals surface area (Å²) in [6, 6.07) is 9.45. The van der Waals surface area contributed by atoms with Gasteiger partial charge in [0.05, 0.1) is 12.0 Å². The fourth-order valence-corrected chi connectivity index (χ4v) is 2.35. The number of benzene rings is 1. The second kappa shape index (κ2) is 4.64. The first kappa shape index (κ1) is 11.0. The second-order valence-corrected chi connectivity index (χ2v) is 4.49. The van der Waals surface area contributed by atoms with Gasteiger partial charge in [0.1, 0.15) is 0 Å². The third kappa shape index (κ3) is 2.01. The van der Waals surface area contributed by atoms with Gasteiger partial charge in [-0.1, -0.05) is 18.2 Å². The quantitative estimate of drug-likeness (QED) is 0.825. The molecule has 0 fully saturated rings. The first-order valence-electron chi connectivity index (χ1n) is 6.20. The molecule has 0 atom stereocenters. The normalized spacial score (nSPS) is 15.0. The average Bonchev–Trinajstić information content (AvgIpc) is 2.78. The number of H-pyrrole nitrogens is 1. The number of fused-ring (bicyclic) bond motifs is 1. The van der Waals surface area contributed by atoms with E-state index in [9.17, 15) is 4.79 Å². The Kier molecular flexibility index (Phi) is 2.84. The molecule has 1 aliphatic rings. The van der Waals surface area contributed by atoms with Crippen LogP contribution >= 0.6 is 0 Å². The summed E-state index contributed by atoms with van der Waals surface area (Å²) in [5.74, 6) is 0.112. The number of hydrogen-bond acceptors (Lipinski definition) is 2. The Balaban J connectivity index is 1.75. The topological polar surface area (TPSA) is 49.0 Å². The maximum Gasteiger partial charge on any atom is 0.253 e. The number of aromatic amines is 1. The second-order valence-electron chi connectivity index (χ2n) is 4.49. The van der Waals surface area contributed by atoms with E-state index in [0.717, 1.165) is 37.2 Å². The molecule has 2 aromatic rings. The Morgan fingerprint density at radius 3 is 2.78 bits per heavy atom. The van der Waals surface area contributed by atoms with Gasteiger partial charge in [0, 0.05) is 37.2 Å². The average molecular weight is 241 g/mol. The molecule has 2 heterocycles. The zero-order valence-corrected chi connectivity index (χ0v) is 10.1. The van der Waals surface area contributed by atoms with Gasteiger partial charge < -0.3 is 9.88 Å². The third-order valence-corrected chi connectivity index (χ3v) is 3.37. The monoisotopic (exact) mass is 241 g/mol. The van der Waals surface area contributed by atoms with Crippen molar-refractivity contribution in [1.82, 2.24) is 14.9 Å². The lowest BCUT2D eigenvalue weighted by molar-refractivity contribution is 0.0762. The summed E-state index contributed by atoms with van der Waals surface area (Å²) in [5, 5.41) is 0. The van der Waals surface area contributed by atoms with Gasteiger partial charge in [-0.3, -0.25) is 4.79 Å². The number of rotatable bonds is 1. The van der Waals surface area contributed by atoms with E-state index >= 15 is 0 Å². The molecular weight excluding hydrogens is 226 g/mol. The van der Waals surface area contributed by atoms with Crippen LogP contribution in [0.3, 0.4) is 0 Å². The van der Waals surface area contributed by atoms with Crippen molar-refractivity contribution < 1.29 is 4.79 Å². The zero-order chi connectivity index (χ0) is 12.4. The molecule has 0 radical (unpaired) electrons. The molecule has 0 saturated heterocycles. The van der Waals surface area contributed by atoms with Crippen LogP contribution in [0, 0.1) is 0 Å². The summed E-state index contributed by atoms with van der Waals surface area (Å²) in [7, 11) is 0. The van der Waals surface area contributed by atoms with E-state index in [0.29, 0.717) is 0 Å². The zero-order valence-electron chi connectivity index (χ0n) is 10.1. The summed E-state index contributed by atoms with van der Waals surface area (Å²) in [6.45, 7) is 1.49. The van der Waals surface area contributed by atoms with E-state index in [1.165, 1.54) is 5.69 Å². The predicted molar refractivity (Wildman–Crippen MR) is 68.3 cm³/mol. The highest BCUT2D eigenvalue weighted by Gasteiger charge is 2.20. The van der Waals surface area contributed by atoms with E-state index in [-0.39, 0.29) is 5.91 Å². The molecule has 4 heteroatoms. The van der Waals surface area contributed by atoms with Crippen molar-refractivity contribution in [1.29, 1.82) is 0 Å². The molecule has 0 bridgehead atoms. The lowest BCUT2D eigenvalue weighted by Gasteiger charge is -2.20. The van der Waals surface area contributed by atoms with Crippen LogP contribution in [-0.4, -0.2) is 33.9 Å². The molecule has 1 N–H and O–H groups in total. The Bertz CT molecular complexity index is 525. The highest BCUT2D eigenvalue weighted by molar-refractivity contribution is 5.94. The molecule has 4 nitrogen and oxygen atoms in total. The molecule has 0 aliphatic carbocycles. The number of imidazole rings is 1. The first-order chi connectivity index (χ1) is 8.84. The SMILES string of the molecule is O=C(c1ccccc1)N1CCc2nc[nH]c2CC1. The molecule has 1 aliphatic heterocycles. The summed E-state index contributed by atoms with van der Waals surface area (Å²) in [6.07, 6.45) is 3.42. The molecule has 0 spiro atoms. The number of hydrogen-bond donors (Lipinski definition) is 1. The number of amides is 1. The molecule has 1 amide bonds. The third-order valence-electron chi connectivity index (χ3n) is 3.37. The molecule has 92 valence electrons. The Morgan fingerprint density at radius 2 is 1.94 bits per heavy atom. The van der Waals surface area contributed by atoms with Crippen molar-refractivity contribution in [2.45, 2.75) is 12.8 Å². The molecular formula is C14H15N3O. The van der Waals surface area contributed by atoms with Gasteiger partial charge in [-0.25, -0.2) is 4.98 Å². The highest BCUT2D eigenvalue weighted by Crippen LogP contribution is 2.14. The Morgan fingerprint density at radius 1 is 1.17 bits per heavy atom. The minimum absolute atomic E-state index is 0.112. The van der Waals surface area contributed by atoms with E-state index in [2.05, 4.69) is 9.97 Å². The molecule has 1 aromatic heterocycles. The minimum atomic E-state index is 0.112. The van der Waals surface area contributed by atoms with Crippen LogP contribution in [0.2, 0.25) is 0 Å². The lowest BCUT2D eigenvalue weighted by Crippen LogP contribution is -2.33. The first-order valence-corrected chi connectivity index (χ1v) is 6.20. The van der Waals surface area contributed by atoms with Crippen LogP contribution in [0.5, 0.6) is 0 Å². The summed E-state index contributed by atoms with van der Waals surface area (Å²) >= 11 is 0. The van der Waals surface area contributed by atoms with Crippen molar-refractivity contribution in [2.75, 3.05) is 13.1 Å². The lowest BCUT2D eigenvalue weighted by atomic mass is 10.2. The fourth-order valence-electron chi connectivity index (χ4n) is 2.35. The van der Waals surface area contributed by atoms with E-state index in [1.807, 2.05) is 35.2 Å². The Labute approximate surface area is 106 Å². The molecule has 0 unspecified atom stereocenters. The van der Waals surface area contributed by atoms with Gasteiger partial charge in [-0.05, 0) is 12.1 Å². The summed E-state index contributed by atoms with van der Waals surface area (Å²) in [5.41, 5.74) is 3.02. The van der Waals surface area contributed by atoms with Crippen LogP contribution in [0.1, 0.15) is 21.7 Å². The number of carbonyl (C=O) groups is 1. The maximum absolute atomic E-state index is 12.3. The highest BCUT2D eigenvalue weighted by atomic mass is 16.2. The van der Waals surface area contributed by atoms with Gasteiger partial charge in [0.2, 0.25) is 0 Å². The van der Waals surface area contributed by atoms with Gasteiger partial charge >= 0.3 is 0 Å². The predicted octanol–water partition coefficient (Wildman–Crippen LogP) is 1.65. The standard InChI is InChI=1S/C14H15N3O/c18-14(11-4-2-1-3-5-11)17-8-6-12-13(7-9-17)16-10-15-12/h1-5,10H,6-9H2,(H,15,16). The van der Waals surface area contributed by atoms with Crippen LogP contribution < -0.4 is 0 Å². The molecule has 3 rings (SSSR count). The molecule has 0 saturated carbocycles. The molecule has 18 heavy (non-hydrogen) atoms. The van der Waals surface area contributed by atoms with Crippen LogP contribution in [0.15, 0.2) is 36.7 Å². The van der Waals surface area contributed by atoms with Crippen molar-refractivity contribution >= 4 is 5.91 Å². The number of aromatic nitrogens is 2. The van der Waals surface area contributed by atoms with Gasteiger partial charge in [-0.15, -0.1) is 0 Å². The van der Waals surface area contributed by atoms with Gasteiger partial charge in [0.15, 0.2) is 0 Å². The Hall–Kier alpha value is -2.10. The van der Waals surface area contributed by atoms with Crippen molar-refractivity contribution in [3.05, 3.63) is 53.6 Å². The van der Waals surface area contributed by atoms with Crippen LogP contribution in [0.4, 0.5) is 0 Å². The van der Waals surface area contributed by atoms with Crippen LogP contribution in [-0.2, 0) is 12.8 Å². The largest absolute Gasteiger partial charge is 0.348 e. The van der Waals surface area contributed by atoms with Gasteiger partial charge in [0.25, 0.3) is 5.91 Å².